The highest BCUT2D eigenvalue weighted by Crippen LogP contribution is 2.04. The normalized spacial score (nSPS) is 9.79. The fraction of sp³-hybridized carbons (Fsp3) is 0.333. The maximum absolute atomic E-state index is 10.8. The number of aryl methyl sites for hydroxylation is 1. The van der Waals surface area contributed by atoms with Gasteiger partial charge in [0.05, 0.1) is 13.5 Å². The van der Waals surface area contributed by atoms with Crippen LogP contribution in [-0.2, 0) is 16.0 Å². The van der Waals surface area contributed by atoms with Crippen LogP contribution in [0.1, 0.15) is 22.6 Å². The molecule has 0 fully saturated rings. The number of carbonyl (C=O) groups excluding carboxylic acids is 1. The van der Waals surface area contributed by atoms with Gasteiger partial charge < -0.3 is 14.8 Å². The molecule has 5 heteroatoms. The molecule has 2 N–H and O–H groups in total. The van der Waals surface area contributed by atoms with Crippen molar-refractivity contribution in [3.63, 3.8) is 0 Å². The maximum Gasteiger partial charge on any atom is 0.352 e. The molecular formula is C9H11NO4. The Kier molecular flexibility index (Phi) is 3.28. The average Bonchev–Trinajstić information content (AvgIpc) is 2.62. The second-order valence-electron chi connectivity index (χ2n) is 2.78. The Morgan fingerprint density at radius 3 is 2.71 bits per heavy atom. The molecule has 0 aliphatic rings. The molecule has 0 aromatic carbocycles. The third-order valence-electron chi connectivity index (χ3n) is 1.80. The lowest BCUT2D eigenvalue weighted by molar-refractivity contribution is -0.140. The van der Waals surface area contributed by atoms with Crippen molar-refractivity contribution in [3.8, 4) is 0 Å². The van der Waals surface area contributed by atoms with Crippen LogP contribution in [-0.4, -0.2) is 29.1 Å². The van der Waals surface area contributed by atoms with Gasteiger partial charge in [-0.05, 0) is 18.6 Å². The highest BCUT2D eigenvalue weighted by molar-refractivity contribution is 5.85. The van der Waals surface area contributed by atoms with E-state index in [2.05, 4.69) is 9.72 Å². The van der Waals surface area contributed by atoms with Gasteiger partial charge in [0.15, 0.2) is 0 Å². The first kappa shape index (κ1) is 10.3. The van der Waals surface area contributed by atoms with Gasteiger partial charge in [-0.15, -0.1) is 0 Å². The molecule has 1 rings (SSSR count). The second kappa shape index (κ2) is 4.45. The standard InChI is InChI=1S/C9H11NO4/c1-14-8(11)5-3-6-2-4-7(10-6)9(12)13/h2,4,10H,3,5H2,1H3,(H,12,13). The summed E-state index contributed by atoms with van der Waals surface area (Å²) in [5, 5.41) is 8.60. The monoisotopic (exact) mass is 197 g/mol. The first-order chi connectivity index (χ1) is 6.63. The Hall–Kier alpha value is -1.78. The zero-order valence-electron chi connectivity index (χ0n) is 7.74. The van der Waals surface area contributed by atoms with Crippen molar-refractivity contribution in [2.75, 3.05) is 7.11 Å². The summed E-state index contributed by atoms with van der Waals surface area (Å²) in [6.07, 6.45) is 0.704. The summed E-state index contributed by atoms with van der Waals surface area (Å²) in [6, 6.07) is 3.11. The maximum atomic E-state index is 10.8. The number of rotatable bonds is 4. The number of carboxylic acids is 1. The summed E-state index contributed by atoms with van der Waals surface area (Å²) in [7, 11) is 1.32. The quantitative estimate of drug-likeness (QED) is 0.700. The molecule has 0 amide bonds. The molecular weight excluding hydrogens is 186 g/mol. The van der Waals surface area contributed by atoms with Gasteiger partial charge in [-0.25, -0.2) is 4.79 Å². The zero-order valence-corrected chi connectivity index (χ0v) is 7.74. The average molecular weight is 197 g/mol. The fourth-order valence-electron chi connectivity index (χ4n) is 1.05. The summed E-state index contributed by atoms with van der Waals surface area (Å²) in [6.45, 7) is 0. The molecule has 0 saturated heterocycles. The van der Waals surface area contributed by atoms with Crippen molar-refractivity contribution in [1.82, 2.24) is 4.98 Å². The fourth-order valence-corrected chi connectivity index (χ4v) is 1.05. The minimum absolute atomic E-state index is 0.130. The summed E-state index contributed by atoms with van der Waals surface area (Å²) in [4.78, 5) is 23.9. The molecule has 0 spiro atoms. The lowest BCUT2D eigenvalue weighted by Gasteiger charge is -1.96. The van der Waals surface area contributed by atoms with Crippen LogP contribution in [0.3, 0.4) is 0 Å². The number of esters is 1. The van der Waals surface area contributed by atoms with E-state index in [1.165, 1.54) is 13.2 Å². The van der Waals surface area contributed by atoms with Gasteiger partial charge >= 0.3 is 11.9 Å². The molecule has 0 bridgehead atoms. The Morgan fingerprint density at radius 2 is 2.21 bits per heavy atom. The molecule has 0 unspecified atom stereocenters. The second-order valence-corrected chi connectivity index (χ2v) is 2.78. The first-order valence-corrected chi connectivity index (χ1v) is 4.11. The Balaban J connectivity index is 2.52. The van der Waals surface area contributed by atoms with E-state index in [4.69, 9.17) is 5.11 Å². The van der Waals surface area contributed by atoms with Crippen LogP contribution in [0.15, 0.2) is 12.1 Å². The number of hydrogen-bond donors (Lipinski definition) is 2. The topological polar surface area (TPSA) is 79.4 Å². The molecule has 76 valence electrons. The van der Waals surface area contributed by atoms with Gasteiger partial charge in [0, 0.05) is 5.69 Å². The van der Waals surface area contributed by atoms with Crippen LogP contribution in [0.2, 0.25) is 0 Å². The highest BCUT2D eigenvalue weighted by atomic mass is 16.5. The minimum atomic E-state index is -1.01. The van der Waals surface area contributed by atoms with Crippen LogP contribution in [0, 0.1) is 0 Å². The largest absolute Gasteiger partial charge is 0.477 e. The number of aromatic amines is 1. The number of ether oxygens (including phenoxy) is 1. The summed E-state index contributed by atoms with van der Waals surface area (Å²) >= 11 is 0. The van der Waals surface area contributed by atoms with Crippen molar-refractivity contribution < 1.29 is 19.4 Å². The van der Waals surface area contributed by atoms with Crippen molar-refractivity contribution >= 4 is 11.9 Å². The lowest BCUT2D eigenvalue weighted by atomic mass is 10.2. The van der Waals surface area contributed by atoms with Gasteiger partial charge in [0.25, 0.3) is 0 Å². The molecule has 0 atom stereocenters. The lowest BCUT2D eigenvalue weighted by Crippen LogP contribution is -2.02. The van der Waals surface area contributed by atoms with E-state index < -0.39 is 5.97 Å². The van der Waals surface area contributed by atoms with Crippen LogP contribution in [0.5, 0.6) is 0 Å². The molecule has 5 nitrogen and oxygen atoms in total. The predicted molar refractivity (Wildman–Crippen MR) is 48.1 cm³/mol. The Labute approximate surface area is 80.7 Å². The molecule has 0 aliphatic carbocycles. The zero-order chi connectivity index (χ0) is 10.6. The third-order valence-corrected chi connectivity index (χ3v) is 1.80. The van der Waals surface area contributed by atoms with Crippen LogP contribution >= 0.6 is 0 Å². The van der Waals surface area contributed by atoms with Gasteiger partial charge in [-0.1, -0.05) is 0 Å². The number of carbonyl (C=O) groups is 2. The molecule has 0 radical (unpaired) electrons. The van der Waals surface area contributed by atoms with Crippen molar-refractivity contribution in [1.29, 1.82) is 0 Å². The van der Waals surface area contributed by atoms with E-state index in [-0.39, 0.29) is 18.1 Å². The van der Waals surface area contributed by atoms with Crippen LogP contribution in [0.4, 0.5) is 0 Å². The summed E-state index contributed by atoms with van der Waals surface area (Å²) in [5.41, 5.74) is 0.845. The Bertz CT molecular complexity index is 342. The number of nitrogens with one attached hydrogen (secondary N) is 1. The van der Waals surface area contributed by atoms with Crippen molar-refractivity contribution in [3.05, 3.63) is 23.5 Å². The molecule has 1 aromatic rings. The van der Waals surface area contributed by atoms with Crippen molar-refractivity contribution in [2.45, 2.75) is 12.8 Å². The summed E-state index contributed by atoms with van der Waals surface area (Å²) < 4.78 is 4.46. The van der Waals surface area contributed by atoms with E-state index in [9.17, 15) is 9.59 Å². The van der Waals surface area contributed by atoms with Gasteiger partial charge in [-0.2, -0.15) is 0 Å². The van der Waals surface area contributed by atoms with Crippen molar-refractivity contribution in [2.24, 2.45) is 0 Å². The van der Waals surface area contributed by atoms with Gasteiger partial charge in [-0.3, -0.25) is 4.79 Å². The third kappa shape index (κ3) is 2.62. The smallest absolute Gasteiger partial charge is 0.352 e. The molecule has 1 heterocycles. The minimum Gasteiger partial charge on any atom is -0.477 e. The van der Waals surface area contributed by atoms with E-state index in [0.717, 1.165) is 0 Å². The Morgan fingerprint density at radius 1 is 1.50 bits per heavy atom. The van der Waals surface area contributed by atoms with E-state index >= 15 is 0 Å². The number of aromatic nitrogens is 1. The first-order valence-electron chi connectivity index (χ1n) is 4.11. The molecule has 0 saturated carbocycles. The predicted octanol–water partition coefficient (Wildman–Crippen LogP) is 0.819. The molecule has 1 aromatic heterocycles. The number of methoxy groups -OCH3 is 1. The SMILES string of the molecule is COC(=O)CCc1ccc(C(=O)O)[nH]1. The van der Waals surface area contributed by atoms with Crippen LogP contribution in [0.25, 0.3) is 0 Å². The van der Waals surface area contributed by atoms with Gasteiger partial charge in [0.2, 0.25) is 0 Å². The van der Waals surface area contributed by atoms with Gasteiger partial charge in [0.1, 0.15) is 5.69 Å². The number of hydrogen-bond acceptors (Lipinski definition) is 3. The highest BCUT2D eigenvalue weighted by Gasteiger charge is 2.07. The van der Waals surface area contributed by atoms with E-state index in [1.807, 2.05) is 0 Å². The molecule has 14 heavy (non-hydrogen) atoms. The summed E-state index contributed by atoms with van der Waals surface area (Å²) in [5.74, 6) is -1.31. The van der Waals surface area contributed by atoms with E-state index in [0.29, 0.717) is 12.1 Å². The van der Waals surface area contributed by atoms with Crippen LogP contribution < -0.4 is 0 Å². The number of aromatic carboxylic acids is 1. The number of carboxylic acid groups (broad SMARTS) is 1. The van der Waals surface area contributed by atoms with E-state index in [1.54, 1.807) is 6.07 Å². The number of H-pyrrole nitrogens is 1. The molecule has 0 aliphatic heterocycles.